The summed E-state index contributed by atoms with van der Waals surface area (Å²) in [4.78, 5) is 36.7. The first-order valence-electron chi connectivity index (χ1n) is 11.2. The van der Waals surface area contributed by atoms with Crippen molar-refractivity contribution in [1.29, 1.82) is 0 Å². The lowest BCUT2D eigenvalue weighted by atomic mass is 10.1. The minimum absolute atomic E-state index is 0.0990. The zero-order valence-corrected chi connectivity index (χ0v) is 19.7. The summed E-state index contributed by atoms with van der Waals surface area (Å²) in [7, 11) is 0. The molecule has 2 atom stereocenters. The molecular weight excluding hydrogens is 456 g/mol. The highest BCUT2D eigenvalue weighted by atomic mass is 16.4. The molecule has 14 heteroatoms. The van der Waals surface area contributed by atoms with Gasteiger partial charge in [-0.1, -0.05) is 13.3 Å². The van der Waals surface area contributed by atoms with Gasteiger partial charge in [-0.2, -0.15) is 0 Å². The van der Waals surface area contributed by atoms with Crippen molar-refractivity contribution in [3.63, 3.8) is 0 Å². The second-order valence-electron chi connectivity index (χ2n) is 7.86. The molecule has 1 heterocycles. The molecule has 7 N–H and O–H groups in total. The fourth-order valence-corrected chi connectivity index (χ4v) is 3.37. The molecule has 200 valence electrons. The van der Waals surface area contributed by atoms with E-state index in [1.54, 1.807) is 9.80 Å². The average Bonchev–Trinajstić information content (AvgIpc) is 2.76. The van der Waals surface area contributed by atoms with Crippen molar-refractivity contribution < 1.29 is 50.1 Å². The molecule has 1 aliphatic heterocycles. The van der Waals surface area contributed by atoms with E-state index in [4.69, 9.17) is 15.3 Å². The van der Waals surface area contributed by atoms with Crippen LogP contribution in [0.2, 0.25) is 0 Å². The molecule has 1 fully saturated rings. The van der Waals surface area contributed by atoms with E-state index in [0.29, 0.717) is 6.61 Å². The van der Waals surface area contributed by atoms with Gasteiger partial charge in [0.2, 0.25) is 0 Å². The molecule has 0 amide bonds. The highest BCUT2D eigenvalue weighted by molar-refractivity contribution is 5.69. The van der Waals surface area contributed by atoms with Gasteiger partial charge in [0, 0.05) is 45.9 Å². The Morgan fingerprint density at radius 2 is 1.21 bits per heavy atom. The van der Waals surface area contributed by atoms with Crippen LogP contribution in [-0.4, -0.2) is 164 Å². The largest absolute Gasteiger partial charge is 0.480 e. The number of hydrogen-bond acceptors (Lipinski definition) is 11. The van der Waals surface area contributed by atoms with Crippen LogP contribution in [-0.2, 0) is 14.4 Å². The van der Waals surface area contributed by atoms with Gasteiger partial charge in [0.15, 0.2) is 0 Å². The van der Waals surface area contributed by atoms with Gasteiger partial charge in [0.05, 0.1) is 38.4 Å². The smallest absolute Gasteiger partial charge is 0.319 e. The molecule has 1 rings (SSSR count). The first-order chi connectivity index (χ1) is 16.1. The molecule has 0 radical (unpaired) electrons. The third-order valence-corrected chi connectivity index (χ3v) is 5.16. The van der Waals surface area contributed by atoms with E-state index in [-0.39, 0.29) is 52.4 Å². The molecule has 0 spiro atoms. The number of carboxylic acids is 3. The van der Waals surface area contributed by atoms with Gasteiger partial charge >= 0.3 is 17.9 Å². The number of aliphatic carboxylic acids is 3. The lowest BCUT2D eigenvalue weighted by molar-refractivity contribution is -0.157. The fourth-order valence-electron chi connectivity index (χ4n) is 3.37. The zero-order chi connectivity index (χ0) is 26.1. The Morgan fingerprint density at radius 3 is 1.56 bits per heavy atom. The standard InChI is InChI=1S/C16H30N4O9.C4H10O/c21-10-12(13(23)11-22)20-6-4-18(8-15(26)27)2-1-17(7-14(24)25)3-5-19(20)9-16(28)29;1-2-3-4-5/h12-13,21-23H,1-11H2,(H,24,25)(H,26,27)(H,28,29);5H,2-4H2,1H3. The summed E-state index contributed by atoms with van der Waals surface area (Å²) in [5, 5.41) is 67.4. The summed E-state index contributed by atoms with van der Waals surface area (Å²) in [6.45, 7) is 1.17. The van der Waals surface area contributed by atoms with Gasteiger partial charge in [-0.15, -0.1) is 0 Å². The first-order valence-corrected chi connectivity index (χ1v) is 11.2. The number of aliphatic hydroxyl groups excluding tert-OH is 4. The molecule has 14 nitrogen and oxygen atoms in total. The number of aliphatic hydroxyl groups is 4. The monoisotopic (exact) mass is 496 g/mol. The van der Waals surface area contributed by atoms with Crippen LogP contribution >= 0.6 is 0 Å². The Balaban J connectivity index is 0.00000196. The van der Waals surface area contributed by atoms with Crippen LogP contribution in [0, 0.1) is 0 Å². The number of nitrogens with zero attached hydrogens (tertiary/aromatic N) is 4. The summed E-state index contributed by atoms with van der Waals surface area (Å²) in [5.74, 6) is -3.32. The van der Waals surface area contributed by atoms with Crippen LogP contribution in [0.25, 0.3) is 0 Å². The van der Waals surface area contributed by atoms with Crippen molar-refractivity contribution in [1.82, 2.24) is 19.8 Å². The Hall–Kier alpha value is -1.91. The fraction of sp³-hybridized carbons (Fsp3) is 0.850. The van der Waals surface area contributed by atoms with E-state index in [1.807, 2.05) is 0 Å². The molecule has 0 aromatic rings. The molecule has 1 saturated heterocycles. The van der Waals surface area contributed by atoms with Gasteiger partial charge < -0.3 is 35.7 Å². The van der Waals surface area contributed by atoms with Gasteiger partial charge in [-0.25, -0.2) is 10.0 Å². The minimum Gasteiger partial charge on any atom is -0.480 e. The molecule has 0 aromatic heterocycles. The summed E-state index contributed by atoms with van der Waals surface area (Å²) >= 11 is 0. The number of unbranched alkanes of at least 4 members (excludes halogenated alkanes) is 1. The molecule has 0 aromatic carbocycles. The van der Waals surface area contributed by atoms with Crippen LogP contribution in [0.5, 0.6) is 0 Å². The van der Waals surface area contributed by atoms with Crippen LogP contribution in [0.3, 0.4) is 0 Å². The van der Waals surface area contributed by atoms with Crippen LogP contribution in [0.1, 0.15) is 19.8 Å². The van der Waals surface area contributed by atoms with Crippen molar-refractivity contribution in [3.8, 4) is 0 Å². The second kappa shape index (κ2) is 18.4. The lowest BCUT2D eigenvalue weighted by Crippen LogP contribution is -2.60. The van der Waals surface area contributed by atoms with E-state index >= 15 is 0 Å². The Morgan fingerprint density at radius 1 is 0.735 bits per heavy atom. The van der Waals surface area contributed by atoms with E-state index < -0.39 is 49.8 Å². The number of carboxylic acid groups (broad SMARTS) is 3. The SMILES string of the molecule is CCCCO.O=C(O)CN1CCN(CC(=O)O)CCN(C(CO)C(O)CO)N(CC(=O)O)CC1. The summed E-state index contributed by atoms with van der Waals surface area (Å²) in [6.07, 6.45) is 0.679. The molecule has 2 unspecified atom stereocenters. The van der Waals surface area contributed by atoms with Crippen LogP contribution in [0.15, 0.2) is 0 Å². The zero-order valence-electron chi connectivity index (χ0n) is 19.7. The Bertz CT molecular complexity index is 596. The van der Waals surface area contributed by atoms with Crippen molar-refractivity contribution in [2.24, 2.45) is 0 Å². The third kappa shape index (κ3) is 13.7. The van der Waals surface area contributed by atoms with Gasteiger partial charge in [-0.05, 0) is 6.42 Å². The van der Waals surface area contributed by atoms with Gasteiger partial charge in [-0.3, -0.25) is 24.2 Å². The summed E-state index contributed by atoms with van der Waals surface area (Å²) < 4.78 is 0. The van der Waals surface area contributed by atoms with Crippen molar-refractivity contribution >= 4 is 17.9 Å². The Kier molecular flexibility index (Phi) is 17.4. The summed E-state index contributed by atoms with van der Waals surface area (Å²) in [5.41, 5.74) is 0. The predicted octanol–water partition coefficient (Wildman–Crippen LogP) is -3.13. The molecule has 0 bridgehead atoms. The first kappa shape index (κ1) is 32.1. The predicted molar refractivity (Wildman–Crippen MR) is 120 cm³/mol. The maximum absolute atomic E-state index is 11.3. The summed E-state index contributed by atoms with van der Waals surface area (Å²) in [6, 6.07) is -1.02. The molecule has 0 aliphatic carbocycles. The Labute approximate surface area is 199 Å². The number of hydrogen-bond donors (Lipinski definition) is 7. The number of carbonyl (C=O) groups is 3. The third-order valence-electron chi connectivity index (χ3n) is 5.16. The maximum Gasteiger partial charge on any atom is 0.319 e. The highest BCUT2D eigenvalue weighted by Gasteiger charge is 2.32. The average molecular weight is 497 g/mol. The minimum atomic E-state index is -1.36. The van der Waals surface area contributed by atoms with Crippen molar-refractivity contribution in [2.45, 2.75) is 31.9 Å². The van der Waals surface area contributed by atoms with Crippen LogP contribution < -0.4 is 0 Å². The topological polar surface area (TPSA) is 206 Å². The maximum atomic E-state index is 11.3. The number of rotatable bonds is 12. The number of hydrazine groups is 1. The quantitative estimate of drug-likeness (QED) is 0.143. The van der Waals surface area contributed by atoms with Gasteiger partial charge in [0.1, 0.15) is 6.54 Å². The van der Waals surface area contributed by atoms with E-state index in [1.165, 1.54) is 10.0 Å². The molecular formula is C20H40N4O10. The van der Waals surface area contributed by atoms with Crippen molar-refractivity contribution in [2.75, 3.05) is 78.7 Å². The van der Waals surface area contributed by atoms with Crippen LogP contribution in [0.4, 0.5) is 0 Å². The van der Waals surface area contributed by atoms with Gasteiger partial charge in [0.25, 0.3) is 0 Å². The molecule has 34 heavy (non-hydrogen) atoms. The molecule has 1 aliphatic rings. The lowest BCUT2D eigenvalue weighted by Gasteiger charge is -2.43. The van der Waals surface area contributed by atoms with E-state index in [0.717, 1.165) is 12.8 Å². The highest BCUT2D eigenvalue weighted by Crippen LogP contribution is 2.12. The van der Waals surface area contributed by atoms with E-state index in [9.17, 15) is 34.8 Å². The van der Waals surface area contributed by atoms with Crippen molar-refractivity contribution in [3.05, 3.63) is 0 Å². The normalized spacial score (nSPS) is 19.0. The molecule has 0 saturated carbocycles. The van der Waals surface area contributed by atoms with E-state index in [2.05, 4.69) is 6.92 Å². The second-order valence-corrected chi connectivity index (χ2v) is 7.86.